The van der Waals surface area contributed by atoms with Crippen LogP contribution < -0.4 is 14.8 Å². The number of carbonyl (C=O) groups is 1. The summed E-state index contributed by atoms with van der Waals surface area (Å²) in [5.74, 6) is 1.31. The van der Waals surface area contributed by atoms with Crippen LogP contribution in [0.3, 0.4) is 0 Å². The van der Waals surface area contributed by atoms with E-state index < -0.39 is 5.91 Å². The zero-order valence-electron chi connectivity index (χ0n) is 19.2. The minimum absolute atomic E-state index is 0.0269. The standard InChI is InChI=1S/C25H25ClN4O3S/c1-16(2)12-23-29-30-25(34-23)28-24(31)19(15-27)14-18-4-6-20(7-5-18)32-10-11-33-21-8-9-22(26)17(3)13-21/h4-9,13-14,16H,10-12H2,1-3H3,(H,28,30,31)/b19-14-. The molecule has 0 saturated carbocycles. The highest BCUT2D eigenvalue weighted by atomic mass is 35.5. The van der Waals surface area contributed by atoms with Crippen LogP contribution >= 0.6 is 22.9 Å². The van der Waals surface area contributed by atoms with Crippen molar-refractivity contribution in [2.75, 3.05) is 18.5 Å². The summed E-state index contributed by atoms with van der Waals surface area (Å²) in [6, 6.07) is 14.5. The molecule has 0 aliphatic carbocycles. The minimum atomic E-state index is -0.523. The Morgan fingerprint density at radius 3 is 2.47 bits per heavy atom. The fourth-order valence-electron chi connectivity index (χ4n) is 2.90. The first-order valence-electron chi connectivity index (χ1n) is 10.7. The summed E-state index contributed by atoms with van der Waals surface area (Å²) in [7, 11) is 0. The molecule has 0 spiro atoms. The Morgan fingerprint density at radius 1 is 1.15 bits per heavy atom. The molecule has 9 heteroatoms. The normalized spacial score (nSPS) is 11.2. The predicted molar refractivity (Wildman–Crippen MR) is 134 cm³/mol. The highest BCUT2D eigenvalue weighted by Crippen LogP contribution is 2.22. The second-order valence-electron chi connectivity index (χ2n) is 7.90. The maximum absolute atomic E-state index is 12.5. The fraction of sp³-hybridized carbons (Fsp3) is 0.280. The molecule has 3 aromatic rings. The van der Waals surface area contributed by atoms with Crippen molar-refractivity contribution in [1.82, 2.24) is 10.2 Å². The smallest absolute Gasteiger partial charge is 0.268 e. The van der Waals surface area contributed by atoms with Crippen LogP contribution in [0.25, 0.3) is 6.08 Å². The van der Waals surface area contributed by atoms with Crippen molar-refractivity contribution in [3.8, 4) is 17.6 Å². The van der Waals surface area contributed by atoms with Gasteiger partial charge in [0.1, 0.15) is 41.4 Å². The maximum atomic E-state index is 12.5. The second-order valence-corrected chi connectivity index (χ2v) is 9.37. The number of halogens is 1. The molecule has 1 N–H and O–H groups in total. The largest absolute Gasteiger partial charge is 0.490 e. The molecule has 3 rings (SSSR count). The molecule has 0 bridgehead atoms. The second kappa shape index (κ2) is 12.2. The van der Waals surface area contributed by atoms with E-state index in [1.165, 1.54) is 17.4 Å². The molecule has 0 saturated heterocycles. The number of benzene rings is 2. The summed E-state index contributed by atoms with van der Waals surface area (Å²) in [6.45, 7) is 6.84. The molecule has 0 unspecified atom stereocenters. The molecule has 0 aliphatic rings. The Balaban J connectivity index is 1.51. The lowest BCUT2D eigenvalue weighted by atomic mass is 10.1. The van der Waals surface area contributed by atoms with Crippen molar-refractivity contribution in [2.24, 2.45) is 5.92 Å². The zero-order valence-corrected chi connectivity index (χ0v) is 20.7. The van der Waals surface area contributed by atoms with E-state index in [9.17, 15) is 10.1 Å². The van der Waals surface area contributed by atoms with Crippen LogP contribution in [0.1, 0.15) is 30.0 Å². The topological polar surface area (TPSA) is 97.1 Å². The highest BCUT2D eigenvalue weighted by Gasteiger charge is 2.13. The third kappa shape index (κ3) is 7.58. The van der Waals surface area contributed by atoms with Crippen molar-refractivity contribution in [3.63, 3.8) is 0 Å². The summed E-state index contributed by atoms with van der Waals surface area (Å²) in [6.07, 6.45) is 2.30. The molecule has 1 aromatic heterocycles. The molecule has 1 amide bonds. The quantitative estimate of drug-likeness (QED) is 0.219. The van der Waals surface area contributed by atoms with Crippen molar-refractivity contribution in [3.05, 3.63) is 69.2 Å². The molecule has 7 nitrogen and oxygen atoms in total. The number of hydrogen-bond acceptors (Lipinski definition) is 7. The number of carbonyl (C=O) groups excluding carboxylic acids is 1. The number of nitrogens with one attached hydrogen (secondary N) is 1. The molecule has 0 aliphatic heterocycles. The zero-order chi connectivity index (χ0) is 24.5. The molecule has 176 valence electrons. The van der Waals surface area contributed by atoms with Crippen LogP contribution in [0.4, 0.5) is 5.13 Å². The van der Waals surface area contributed by atoms with Gasteiger partial charge in [-0.25, -0.2) is 0 Å². The van der Waals surface area contributed by atoms with Crippen LogP contribution in [0.15, 0.2) is 48.0 Å². The summed E-state index contributed by atoms with van der Waals surface area (Å²) in [4.78, 5) is 12.5. The molecule has 1 heterocycles. The summed E-state index contributed by atoms with van der Waals surface area (Å²) in [5, 5.41) is 22.0. The van der Waals surface area contributed by atoms with Crippen LogP contribution in [-0.4, -0.2) is 29.3 Å². The molecular formula is C25H25ClN4O3S. The Bertz CT molecular complexity index is 1200. The van der Waals surface area contributed by atoms with Gasteiger partial charge < -0.3 is 9.47 Å². The predicted octanol–water partition coefficient (Wildman–Crippen LogP) is 5.70. The summed E-state index contributed by atoms with van der Waals surface area (Å²) >= 11 is 7.33. The third-order valence-corrected chi connectivity index (χ3v) is 5.86. The summed E-state index contributed by atoms with van der Waals surface area (Å²) < 4.78 is 11.4. The first-order valence-corrected chi connectivity index (χ1v) is 11.9. The minimum Gasteiger partial charge on any atom is -0.490 e. The maximum Gasteiger partial charge on any atom is 0.268 e. The Labute approximate surface area is 208 Å². The fourth-order valence-corrected chi connectivity index (χ4v) is 3.97. The van der Waals surface area contributed by atoms with Gasteiger partial charge in [-0.05, 0) is 60.4 Å². The van der Waals surface area contributed by atoms with Gasteiger partial charge in [-0.1, -0.05) is 48.9 Å². The van der Waals surface area contributed by atoms with E-state index in [4.69, 9.17) is 21.1 Å². The molecule has 0 atom stereocenters. The van der Waals surface area contributed by atoms with Gasteiger partial charge >= 0.3 is 0 Å². The number of aryl methyl sites for hydroxylation is 1. The SMILES string of the molecule is Cc1cc(OCCOc2ccc(/C=C(/C#N)C(=O)Nc3nnc(CC(C)C)s3)cc2)ccc1Cl. The number of nitrogens with zero attached hydrogens (tertiary/aromatic N) is 3. The molecule has 0 radical (unpaired) electrons. The van der Waals surface area contributed by atoms with Crippen LogP contribution in [-0.2, 0) is 11.2 Å². The van der Waals surface area contributed by atoms with Gasteiger partial charge in [-0.2, -0.15) is 5.26 Å². The van der Waals surface area contributed by atoms with E-state index in [1.54, 1.807) is 30.3 Å². The van der Waals surface area contributed by atoms with Gasteiger partial charge in [0.25, 0.3) is 5.91 Å². The van der Waals surface area contributed by atoms with E-state index in [0.29, 0.717) is 40.6 Å². The van der Waals surface area contributed by atoms with Crippen LogP contribution in [0, 0.1) is 24.2 Å². The number of amides is 1. The van der Waals surface area contributed by atoms with E-state index in [1.807, 2.05) is 25.1 Å². The first-order chi connectivity index (χ1) is 16.3. The molecule has 34 heavy (non-hydrogen) atoms. The van der Waals surface area contributed by atoms with Gasteiger partial charge in [0, 0.05) is 11.4 Å². The van der Waals surface area contributed by atoms with Gasteiger partial charge in [0.2, 0.25) is 5.13 Å². The van der Waals surface area contributed by atoms with E-state index in [2.05, 4.69) is 29.4 Å². The average molecular weight is 497 g/mol. The monoisotopic (exact) mass is 496 g/mol. The Kier molecular flexibility index (Phi) is 9.02. The van der Waals surface area contributed by atoms with E-state index in [-0.39, 0.29) is 5.57 Å². The Hall–Kier alpha value is -3.41. The Morgan fingerprint density at radius 2 is 1.82 bits per heavy atom. The summed E-state index contributed by atoms with van der Waals surface area (Å²) in [5.41, 5.74) is 1.62. The number of hydrogen-bond donors (Lipinski definition) is 1. The average Bonchev–Trinajstić information content (AvgIpc) is 3.24. The first kappa shape index (κ1) is 25.2. The highest BCUT2D eigenvalue weighted by molar-refractivity contribution is 7.15. The van der Waals surface area contributed by atoms with Gasteiger partial charge in [-0.3, -0.25) is 10.1 Å². The number of ether oxygens (including phenoxy) is 2. The van der Waals surface area contributed by atoms with E-state index in [0.717, 1.165) is 22.7 Å². The van der Waals surface area contributed by atoms with Gasteiger partial charge in [0.05, 0.1) is 0 Å². The molecule has 0 fully saturated rings. The molecular weight excluding hydrogens is 472 g/mol. The number of rotatable bonds is 10. The van der Waals surface area contributed by atoms with Crippen molar-refractivity contribution >= 4 is 40.1 Å². The molecule has 2 aromatic carbocycles. The number of nitriles is 1. The third-order valence-electron chi connectivity index (χ3n) is 4.58. The van der Waals surface area contributed by atoms with Gasteiger partial charge in [0.15, 0.2) is 0 Å². The lowest BCUT2D eigenvalue weighted by Crippen LogP contribution is -2.13. The number of anilines is 1. The van der Waals surface area contributed by atoms with Crippen molar-refractivity contribution in [1.29, 1.82) is 5.26 Å². The van der Waals surface area contributed by atoms with Crippen LogP contribution in [0.5, 0.6) is 11.5 Å². The number of aromatic nitrogens is 2. The van der Waals surface area contributed by atoms with Crippen molar-refractivity contribution in [2.45, 2.75) is 27.2 Å². The lowest BCUT2D eigenvalue weighted by molar-refractivity contribution is -0.112. The van der Waals surface area contributed by atoms with Crippen LogP contribution in [0.2, 0.25) is 5.02 Å². The van der Waals surface area contributed by atoms with Crippen molar-refractivity contribution < 1.29 is 14.3 Å². The van der Waals surface area contributed by atoms with E-state index >= 15 is 0 Å². The lowest BCUT2D eigenvalue weighted by Gasteiger charge is -2.09. The van der Waals surface area contributed by atoms with Gasteiger partial charge in [-0.15, -0.1) is 10.2 Å².